The molecule has 7 nitrogen and oxygen atoms in total. The van der Waals surface area contributed by atoms with Gasteiger partial charge in [-0.25, -0.2) is 8.42 Å². The fourth-order valence-corrected chi connectivity index (χ4v) is 5.41. The van der Waals surface area contributed by atoms with Crippen LogP contribution in [0.1, 0.15) is 30.0 Å². The number of furan rings is 1. The summed E-state index contributed by atoms with van der Waals surface area (Å²) in [6.45, 7) is 4.93. The van der Waals surface area contributed by atoms with E-state index in [-0.39, 0.29) is 16.6 Å². The molecule has 0 saturated heterocycles. The third-order valence-electron chi connectivity index (χ3n) is 5.47. The van der Waals surface area contributed by atoms with E-state index >= 15 is 0 Å². The molecule has 158 valence electrons. The van der Waals surface area contributed by atoms with Crippen molar-refractivity contribution >= 4 is 32.6 Å². The number of carbonyl (C=O) groups excluding carboxylic acids is 1. The molecule has 4 rings (SSSR count). The number of anilines is 1. The van der Waals surface area contributed by atoms with Crippen LogP contribution in [-0.2, 0) is 16.4 Å². The summed E-state index contributed by atoms with van der Waals surface area (Å²) in [5, 5.41) is 0.790. The zero-order chi connectivity index (χ0) is 21.5. The third kappa shape index (κ3) is 3.26. The van der Waals surface area contributed by atoms with Crippen molar-refractivity contribution in [1.82, 2.24) is 4.31 Å². The van der Waals surface area contributed by atoms with Gasteiger partial charge >= 0.3 is 0 Å². The molecule has 2 heterocycles. The van der Waals surface area contributed by atoms with Crippen molar-refractivity contribution in [2.45, 2.75) is 25.2 Å². The largest absolute Gasteiger partial charge is 0.493 e. The second kappa shape index (κ2) is 7.77. The summed E-state index contributed by atoms with van der Waals surface area (Å²) in [6.07, 6.45) is 0.590. The van der Waals surface area contributed by atoms with Crippen molar-refractivity contribution in [2.75, 3.05) is 31.6 Å². The summed E-state index contributed by atoms with van der Waals surface area (Å²) in [6, 6.07) is 12.1. The molecule has 30 heavy (non-hydrogen) atoms. The van der Waals surface area contributed by atoms with Gasteiger partial charge < -0.3 is 14.1 Å². The Hall–Kier alpha value is -2.84. The maximum atomic E-state index is 13.1. The second-order valence-corrected chi connectivity index (χ2v) is 9.01. The van der Waals surface area contributed by atoms with Gasteiger partial charge in [-0.3, -0.25) is 4.79 Å². The molecule has 0 fully saturated rings. The van der Waals surface area contributed by atoms with Crippen LogP contribution in [0.4, 0.5) is 5.69 Å². The Kier molecular flexibility index (Phi) is 5.29. The fourth-order valence-electron chi connectivity index (χ4n) is 3.90. The summed E-state index contributed by atoms with van der Waals surface area (Å²) >= 11 is 0. The van der Waals surface area contributed by atoms with E-state index in [0.717, 1.165) is 10.9 Å². The van der Waals surface area contributed by atoms with Crippen LogP contribution >= 0.6 is 0 Å². The van der Waals surface area contributed by atoms with Gasteiger partial charge in [0.2, 0.25) is 10.0 Å². The van der Waals surface area contributed by atoms with Crippen LogP contribution in [0.15, 0.2) is 51.8 Å². The van der Waals surface area contributed by atoms with Crippen molar-refractivity contribution in [3.05, 3.63) is 53.8 Å². The first-order valence-electron chi connectivity index (χ1n) is 9.92. The molecule has 1 aliphatic heterocycles. The van der Waals surface area contributed by atoms with Crippen LogP contribution in [0.5, 0.6) is 5.75 Å². The van der Waals surface area contributed by atoms with Gasteiger partial charge in [0.15, 0.2) is 17.1 Å². The van der Waals surface area contributed by atoms with Crippen LogP contribution in [0.25, 0.3) is 11.0 Å². The van der Waals surface area contributed by atoms with Gasteiger partial charge in [0, 0.05) is 30.7 Å². The molecule has 8 heteroatoms. The van der Waals surface area contributed by atoms with Crippen LogP contribution in [0.3, 0.4) is 0 Å². The molecule has 0 saturated carbocycles. The van der Waals surface area contributed by atoms with Crippen molar-refractivity contribution in [3.63, 3.8) is 0 Å². The predicted molar refractivity (Wildman–Crippen MR) is 115 cm³/mol. The minimum absolute atomic E-state index is 0.224. The molecule has 0 bridgehead atoms. The Labute approximate surface area is 175 Å². The Morgan fingerprint density at radius 3 is 2.63 bits per heavy atom. The number of para-hydroxylation sites is 1. The Morgan fingerprint density at radius 2 is 1.93 bits per heavy atom. The van der Waals surface area contributed by atoms with E-state index in [0.29, 0.717) is 43.1 Å². The maximum Gasteiger partial charge on any atom is 0.294 e. The predicted octanol–water partition coefficient (Wildman–Crippen LogP) is 3.67. The topological polar surface area (TPSA) is 80.1 Å². The summed E-state index contributed by atoms with van der Waals surface area (Å²) in [5.41, 5.74) is 2.08. The highest BCUT2D eigenvalue weighted by molar-refractivity contribution is 7.89. The van der Waals surface area contributed by atoms with Crippen molar-refractivity contribution in [1.29, 1.82) is 0 Å². The first-order valence-corrected chi connectivity index (χ1v) is 11.4. The van der Waals surface area contributed by atoms with E-state index < -0.39 is 10.0 Å². The molecule has 1 amide bonds. The molecule has 0 atom stereocenters. The summed E-state index contributed by atoms with van der Waals surface area (Å²) in [7, 11) is -1.99. The Morgan fingerprint density at radius 1 is 1.17 bits per heavy atom. The summed E-state index contributed by atoms with van der Waals surface area (Å²) < 4.78 is 38.1. The van der Waals surface area contributed by atoms with Gasteiger partial charge in [-0.15, -0.1) is 0 Å². The number of benzene rings is 2. The average molecular weight is 429 g/mol. The van der Waals surface area contributed by atoms with Gasteiger partial charge in [0.1, 0.15) is 0 Å². The first-order chi connectivity index (χ1) is 14.4. The number of rotatable bonds is 6. The van der Waals surface area contributed by atoms with Crippen LogP contribution < -0.4 is 9.64 Å². The molecular formula is C22H24N2O5S. The number of ether oxygens (including phenoxy) is 1. The molecule has 1 aromatic heterocycles. The molecule has 0 N–H and O–H groups in total. The van der Waals surface area contributed by atoms with Crippen molar-refractivity contribution < 1.29 is 22.4 Å². The van der Waals surface area contributed by atoms with E-state index in [1.54, 1.807) is 42.3 Å². The Balaban J connectivity index is 1.66. The lowest BCUT2D eigenvalue weighted by Gasteiger charge is -2.20. The zero-order valence-electron chi connectivity index (χ0n) is 17.2. The van der Waals surface area contributed by atoms with E-state index in [1.165, 1.54) is 4.31 Å². The van der Waals surface area contributed by atoms with Crippen LogP contribution in [0.2, 0.25) is 0 Å². The molecule has 0 aliphatic carbocycles. The van der Waals surface area contributed by atoms with E-state index in [4.69, 9.17) is 9.15 Å². The summed E-state index contributed by atoms with van der Waals surface area (Å²) in [4.78, 5) is 15.0. The van der Waals surface area contributed by atoms with Crippen LogP contribution in [0, 0.1) is 0 Å². The molecule has 0 spiro atoms. The molecule has 1 aliphatic rings. The first kappa shape index (κ1) is 20.4. The molecule has 0 unspecified atom stereocenters. The van der Waals surface area contributed by atoms with Gasteiger partial charge in [-0.2, -0.15) is 4.31 Å². The van der Waals surface area contributed by atoms with E-state index in [9.17, 15) is 13.2 Å². The zero-order valence-corrected chi connectivity index (χ0v) is 18.0. The number of hydrogen-bond acceptors (Lipinski definition) is 5. The van der Waals surface area contributed by atoms with Gasteiger partial charge in [0.25, 0.3) is 5.91 Å². The van der Waals surface area contributed by atoms with Gasteiger partial charge in [0.05, 0.1) is 12.0 Å². The molecule has 0 radical (unpaired) electrons. The fraction of sp³-hybridized carbons (Fsp3) is 0.318. The number of hydrogen-bond donors (Lipinski definition) is 0. The standard InChI is InChI=1S/C22H24N2O5S/c1-4-23(5-2)30(26,27)17-9-10-18-15(13-17)11-12-24(18)22(25)20-14-16-7-6-8-19(28-3)21(16)29-20/h6-10,13-14H,4-5,11-12H2,1-3H3. The smallest absolute Gasteiger partial charge is 0.294 e. The quantitative estimate of drug-likeness (QED) is 0.598. The highest BCUT2D eigenvalue weighted by Crippen LogP contribution is 2.34. The number of sulfonamides is 1. The van der Waals surface area contributed by atoms with E-state index in [2.05, 4.69) is 0 Å². The second-order valence-electron chi connectivity index (χ2n) is 7.08. The lowest BCUT2D eigenvalue weighted by Crippen LogP contribution is -2.30. The normalized spacial score (nSPS) is 13.8. The Bertz CT molecular complexity index is 1210. The number of nitrogens with zero attached hydrogens (tertiary/aromatic N) is 2. The molecule has 3 aromatic rings. The number of amides is 1. The van der Waals surface area contributed by atoms with Gasteiger partial charge in [-0.1, -0.05) is 26.0 Å². The number of methoxy groups -OCH3 is 1. The SMILES string of the molecule is CCN(CC)S(=O)(=O)c1ccc2c(c1)CCN2C(=O)c1cc2cccc(OC)c2o1. The lowest BCUT2D eigenvalue weighted by molar-refractivity contribution is 0.0964. The minimum atomic E-state index is -3.54. The highest BCUT2D eigenvalue weighted by Gasteiger charge is 2.30. The third-order valence-corrected chi connectivity index (χ3v) is 7.52. The van der Waals surface area contributed by atoms with Crippen molar-refractivity contribution in [2.24, 2.45) is 0 Å². The monoisotopic (exact) mass is 428 g/mol. The van der Waals surface area contributed by atoms with Gasteiger partial charge in [-0.05, 0) is 42.3 Å². The molecular weight excluding hydrogens is 404 g/mol. The molecule has 2 aromatic carbocycles. The minimum Gasteiger partial charge on any atom is -0.493 e. The van der Waals surface area contributed by atoms with E-state index in [1.807, 2.05) is 26.0 Å². The summed E-state index contributed by atoms with van der Waals surface area (Å²) in [5.74, 6) is 0.535. The number of carbonyl (C=O) groups is 1. The lowest BCUT2D eigenvalue weighted by atomic mass is 10.2. The maximum absolute atomic E-state index is 13.1. The average Bonchev–Trinajstić information content (AvgIpc) is 3.37. The number of fused-ring (bicyclic) bond motifs is 2. The highest BCUT2D eigenvalue weighted by atomic mass is 32.2. The van der Waals surface area contributed by atoms with Crippen molar-refractivity contribution in [3.8, 4) is 5.75 Å². The van der Waals surface area contributed by atoms with Crippen LogP contribution in [-0.4, -0.2) is 45.4 Å².